The number of carbonyl (C=O) groups is 1. The number of benzene rings is 1. The van der Waals surface area contributed by atoms with E-state index in [9.17, 15) is 19.1 Å². The van der Waals surface area contributed by atoms with Crippen molar-refractivity contribution in [1.29, 1.82) is 0 Å². The molecule has 0 aliphatic heterocycles. The summed E-state index contributed by atoms with van der Waals surface area (Å²) in [5, 5.41) is 18.7. The van der Waals surface area contributed by atoms with Crippen molar-refractivity contribution in [3.8, 4) is 5.75 Å². The van der Waals surface area contributed by atoms with Gasteiger partial charge in [-0.15, -0.1) is 0 Å². The smallest absolute Gasteiger partial charge is 0.341 e. The summed E-state index contributed by atoms with van der Waals surface area (Å²) in [6.07, 6.45) is 2.57. The molecule has 98 valence electrons. The van der Waals surface area contributed by atoms with Gasteiger partial charge < -0.3 is 15.2 Å². The zero-order valence-corrected chi connectivity index (χ0v) is 9.74. The maximum absolute atomic E-state index is 13.9. The lowest BCUT2D eigenvalue weighted by molar-refractivity contribution is 0.0695. The Bertz CT molecular complexity index is 761. The van der Waals surface area contributed by atoms with Crippen molar-refractivity contribution in [2.45, 2.75) is 18.8 Å². The Kier molecular flexibility index (Phi) is 2.35. The minimum atomic E-state index is -1.36. The van der Waals surface area contributed by atoms with Crippen molar-refractivity contribution >= 4 is 16.9 Å². The quantitative estimate of drug-likeness (QED) is 0.772. The highest BCUT2D eigenvalue weighted by Gasteiger charge is 2.29. The molecule has 3 N–H and O–H groups in total. The van der Waals surface area contributed by atoms with Gasteiger partial charge in [0.1, 0.15) is 5.56 Å². The van der Waals surface area contributed by atoms with E-state index in [2.05, 4.69) is 4.98 Å². The average Bonchev–Trinajstić information content (AvgIpc) is 3.18. The van der Waals surface area contributed by atoms with Gasteiger partial charge in [0.25, 0.3) is 0 Å². The van der Waals surface area contributed by atoms with Crippen LogP contribution in [0.3, 0.4) is 0 Å². The third kappa shape index (κ3) is 1.68. The molecule has 0 saturated heterocycles. The van der Waals surface area contributed by atoms with Crippen LogP contribution in [0.5, 0.6) is 5.75 Å². The number of halogens is 1. The lowest BCUT2D eigenvalue weighted by Gasteiger charge is -2.08. The average molecular weight is 263 g/mol. The molecule has 0 amide bonds. The predicted molar refractivity (Wildman–Crippen MR) is 65.1 cm³/mol. The Morgan fingerprint density at radius 2 is 2.11 bits per heavy atom. The van der Waals surface area contributed by atoms with Gasteiger partial charge in [-0.2, -0.15) is 0 Å². The summed E-state index contributed by atoms with van der Waals surface area (Å²) in [4.78, 5) is 25.4. The number of aromatic amines is 1. The number of hydrogen-bond donors (Lipinski definition) is 3. The fourth-order valence-electron chi connectivity index (χ4n) is 2.20. The van der Waals surface area contributed by atoms with E-state index in [1.54, 1.807) is 0 Å². The van der Waals surface area contributed by atoms with Gasteiger partial charge in [0.15, 0.2) is 11.6 Å². The van der Waals surface area contributed by atoms with E-state index < -0.39 is 28.5 Å². The summed E-state index contributed by atoms with van der Waals surface area (Å²) in [5.41, 5.74) is -0.950. The zero-order valence-electron chi connectivity index (χ0n) is 9.74. The molecule has 3 rings (SSSR count). The van der Waals surface area contributed by atoms with Gasteiger partial charge in [-0.1, -0.05) is 0 Å². The zero-order chi connectivity index (χ0) is 13.7. The minimum absolute atomic E-state index is 0.000648. The Hall–Kier alpha value is -2.37. The number of hydrogen-bond acceptors (Lipinski definition) is 3. The number of aromatic nitrogens is 1. The van der Waals surface area contributed by atoms with Crippen molar-refractivity contribution in [2.75, 3.05) is 0 Å². The highest BCUT2D eigenvalue weighted by Crippen LogP contribution is 2.44. The van der Waals surface area contributed by atoms with Crippen LogP contribution in [0.2, 0.25) is 0 Å². The van der Waals surface area contributed by atoms with Crippen molar-refractivity contribution in [1.82, 2.24) is 4.98 Å². The lowest BCUT2D eigenvalue weighted by Crippen LogP contribution is -2.15. The second-order valence-corrected chi connectivity index (χ2v) is 4.66. The van der Waals surface area contributed by atoms with Crippen LogP contribution in [0.15, 0.2) is 17.1 Å². The van der Waals surface area contributed by atoms with Gasteiger partial charge in [0, 0.05) is 6.20 Å². The van der Waals surface area contributed by atoms with E-state index in [4.69, 9.17) is 5.11 Å². The molecule has 5 nitrogen and oxygen atoms in total. The molecule has 1 fully saturated rings. The minimum Gasteiger partial charge on any atom is -0.503 e. The summed E-state index contributed by atoms with van der Waals surface area (Å²) in [6, 6.07) is 1.34. The highest BCUT2D eigenvalue weighted by atomic mass is 19.1. The Balaban J connectivity index is 2.40. The molecule has 6 heteroatoms. The van der Waals surface area contributed by atoms with Gasteiger partial charge in [0.2, 0.25) is 5.43 Å². The fourth-order valence-corrected chi connectivity index (χ4v) is 2.20. The number of phenolic OH excluding ortho intramolecular Hbond substituents is 1. The summed E-state index contributed by atoms with van der Waals surface area (Å²) in [7, 11) is 0. The number of aromatic carboxylic acids is 1. The van der Waals surface area contributed by atoms with Crippen molar-refractivity contribution in [3.05, 3.63) is 39.4 Å². The Labute approximate surface area is 106 Å². The normalized spacial score (nSPS) is 14.8. The number of carboxylic acids is 1. The van der Waals surface area contributed by atoms with Crippen LogP contribution in [0.4, 0.5) is 4.39 Å². The topological polar surface area (TPSA) is 90.4 Å². The number of fused-ring (bicyclic) bond motifs is 1. The number of nitrogens with one attached hydrogen (secondary N) is 1. The van der Waals surface area contributed by atoms with E-state index in [0.717, 1.165) is 19.0 Å². The van der Waals surface area contributed by atoms with Crippen LogP contribution in [0.25, 0.3) is 10.9 Å². The summed E-state index contributed by atoms with van der Waals surface area (Å²) in [6.45, 7) is 0. The first-order valence-corrected chi connectivity index (χ1v) is 5.80. The first-order valence-electron chi connectivity index (χ1n) is 5.80. The molecule has 0 bridgehead atoms. The molecule has 1 aliphatic carbocycles. The standard InChI is InChI=1S/C13H10FNO4/c14-9-6(5-1-2-5)3-7-10(12(9)17)15-4-8(11(7)16)13(18)19/h3-5,17H,1-2H2,(H,15,16)(H,18,19). The fraction of sp³-hybridized carbons (Fsp3) is 0.231. The predicted octanol–water partition coefficient (Wildman–Crippen LogP) is 1.95. The number of aromatic hydroxyl groups is 1. The van der Waals surface area contributed by atoms with Gasteiger partial charge in [-0.3, -0.25) is 4.79 Å². The molecular weight excluding hydrogens is 253 g/mol. The maximum atomic E-state index is 13.9. The van der Waals surface area contributed by atoms with Crippen molar-refractivity contribution in [3.63, 3.8) is 0 Å². The van der Waals surface area contributed by atoms with Crippen molar-refractivity contribution in [2.24, 2.45) is 0 Å². The lowest BCUT2D eigenvalue weighted by atomic mass is 10.0. The second kappa shape index (κ2) is 3.81. The van der Waals surface area contributed by atoms with Gasteiger partial charge >= 0.3 is 5.97 Å². The summed E-state index contributed by atoms with van der Waals surface area (Å²) >= 11 is 0. The highest BCUT2D eigenvalue weighted by molar-refractivity contribution is 5.94. The van der Waals surface area contributed by atoms with E-state index in [0.29, 0.717) is 0 Å². The van der Waals surface area contributed by atoms with Crippen molar-refractivity contribution < 1.29 is 19.4 Å². The first kappa shape index (κ1) is 11.7. The number of phenols is 1. The molecule has 2 aromatic rings. The molecule has 1 aliphatic rings. The van der Waals surface area contributed by atoms with Crippen LogP contribution in [-0.2, 0) is 0 Å². The third-order valence-electron chi connectivity index (χ3n) is 3.37. The van der Waals surface area contributed by atoms with Crippen LogP contribution in [0.1, 0.15) is 34.7 Å². The number of carboxylic acid groups (broad SMARTS) is 1. The summed E-state index contributed by atoms with van der Waals surface area (Å²) in [5.74, 6) is -2.73. The van der Waals surface area contributed by atoms with E-state index >= 15 is 0 Å². The van der Waals surface area contributed by atoms with Gasteiger partial charge in [0.05, 0.1) is 10.9 Å². The van der Waals surface area contributed by atoms with Crippen LogP contribution < -0.4 is 5.43 Å². The molecule has 1 heterocycles. The third-order valence-corrected chi connectivity index (χ3v) is 3.37. The summed E-state index contributed by atoms with van der Waals surface area (Å²) < 4.78 is 13.9. The molecule has 0 spiro atoms. The van der Waals surface area contributed by atoms with E-state index in [-0.39, 0.29) is 22.4 Å². The van der Waals surface area contributed by atoms with Crippen LogP contribution >= 0.6 is 0 Å². The molecule has 0 unspecified atom stereocenters. The molecule has 0 radical (unpaired) electrons. The molecule has 0 atom stereocenters. The molecule has 1 saturated carbocycles. The molecule has 1 aromatic heterocycles. The largest absolute Gasteiger partial charge is 0.503 e. The number of H-pyrrole nitrogens is 1. The Morgan fingerprint density at radius 3 is 2.68 bits per heavy atom. The van der Waals surface area contributed by atoms with Gasteiger partial charge in [-0.05, 0) is 30.4 Å². The van der Waals surface area contributed by atoms with E-state index in [1.807, 2.05) is 0 Å². The Morgan fingerprint density at radius 1 is 1.42 bits per heavy atom. The SMILES string of the molecule is O=C(O)c1c[nH]c2c(O)c(F)c(C3CC3)cc2c1=O. The van der Waals surface area contributed by atoms with Gasteiger partial charge in [-0.25, -0.2) is 9.18 Å². The van der Waals surface area contributed by atoms with Crippen LogP contribution in [0, 0.1) is 5.82 Å². The molecular formula is C13H10FNO4. The molecule has 19 heavy (non-hydrogen) atoms. The van der Waals surface area contributed by atoms with Crippen LogP contribution in [-0.4, -0.2) is 21.2 Å². The first-order chi connectivity index (χ1) is 9.00. The molecule has 1 aromatic carbocycles. The number of rotatable bonds is 2. The number of pyridine rings is 1. The van der Waals surface area contributed by atoms with E-state index in [1.165, 1.54) is 6.07 Å². The monoisotopic (exact) mass is 263 g/mol. The second-order valence-electron chi connectivity index (χ2n) is 4.66. The maximum Gasteiger partial charge on any atom is 0.341 e.